The molecule has 0 saturated heterocycles. The van der Waals surface area contributed by atoms with Crippen LogP contribution in [-0.2, 0) is 21.4 Å². The highest BCUT2D eigenvalue weighted by atomic mass is 32.2. The minimum absolute atomic E-state index is 0.0119. The van der Waals surface area contributed by atoms with E-state index in [4.69, 9.17) is 4.42 Å². The topological polar surface area (TPSA) is 112 Å². The van der Waals surface area contributed by atoms with E-state index in [1.54, 1.807) is 42.5 Å². The molecule has 0 aliphatic rings. The first-order valence-corrected chi connectivity index (χ1v) is 11.5. The second-order valence-corrected chi connectivity index (χ2v) is 9.12. The molecular weight excluding hydrogens is 442 g/mol. The van der Waals surface area contributed by atoms with Crippen LogP contribution < -0.4 is 5.43 Å². The van der Waals surface area contributed by atoms with Gasteiger partial charge >= 0.3 is 0 Å². The molecule has 1 heterocycles. The van der Waals surface area contributed by atoms with Crippen molar-refractivity contribution in [2.24, 2.45) is 5.10 Å². The molecular formula is C24H21N3O5S. The number of rotatable bonds is 8. The van der Waals surface area contributed by atoms with E-state index in [1.165, 1.54) is 24.6 Å². The van der Waals surface area contributed by atoms with Crippen LogP contribution in [0.3, 0.4) is 0 Å². The third-order valence-electron chi connectivity index (χ3n) is 4.94. The summed E-state index contributed by atoms with van der Waals surface area (Å²) in [6.07, 6.45) is 2.77. The number of hydrazone groups is 1. The standard InChI is InChI=1S/C24H21N3O5S/c28-23-13-12-18-7-4-5-11-21(18)22(23)15-25-26-24(29)17-27(16-19-8-6-14-32-19)33(30,31)20-9-2-1-3-10-20/h1-15,28H,16-17H2,(H,26,29)/b25-15-. The van der Waals surface area contributed by atoms with Gasteiger partial charge in [-0.25, -0.2) is 13.8 Å². The predicted molar refractivity (Wildman–Crippen MR) is 124 cm³/mol. The second-order valence-electron chi connectivity index (χ2n) is 7.18. The number of hydrogen-bond donors (Lipinski definition) is 2. The summed E-state index contributed by atoms with van der Waals surface area (Å²) < 4.78 is 32.5. The number of nitrogens with one attached hydrogen (secondary N) is 1. The van der Waals surface area contributed by atoms with Gasteiger partial charge in [-0.15, -0.1) is 0 Å². The van der Waals surface area contributed by atoms with Crippen LogP contribution in [0.1, 0.15) is 11.3 Å². The van der Waals surface area contributed by atoms with Gasteiger partial charge in [0.25, 0.3) is 5.91 Å². The van der Waals surface area contributed by atoms with Crippen LogP contribution in [0, 0.1) is 0 Å². The highest BCUT2D eigenvalue weighted by Gasteiger charge is 2.27. The number of benzene rings is 3. The molecule has 1 aromatic heterocycles. The molecule has 9 heteroatoms. The number of nitrogens with zero attached hydrogens (tertiary/aromatic N) is 2. The van der Waals surface area contributed by atoms with Crippen molar-refractivity contribution >= 4 is 32.9 Å². The summed E-state index contributed by atoms with van der Waals surface area (Å²) in [7, 11) is -3.96. The van der Waals surface area contributed by atoms with E-state index in [9.17, 15) is 18.3 Å². The van der Waals surface area contributed by atoms with E-state index in [0.29, 0.717) is 11.3 Å². The van der Waals surface area contributed by atoms with Gasteiger partial charge < -0.3 is 9.52 Å². The summed E-state index contributed by atoms with van der Waals surface area (Å²) >= 11 is 0. The van der Waals surface area contributed by atoms with Crippen LogP contribution in [-0.4, -0.2) is 36.5 Å². The van der Waals surface area contributed by atoms with Crippen molar-refractivity contribution in [3.8, 4) is 5.75 Å². The quantitative estimate of drug-likeness (QED) is 0.307. The lowest BCUT2D eigenvalue weighted by Crippen LogP contribution is -2.39. The Hall–Kier alpha value is -3.95. The second kappa shape index (κ2) is 9.68. The summed E-state index contributed by atoms with van der Waals surface area (Å²) in [6.45, 7) is -0.595. The molecule has 0 fully saturated rings. The van der Waals surface area contributed by atoms with Gasteiger partial charge in [0.2, 0.25) is 10.0 Å². The van der Waals surface area contributed by atoms with E-state index in [0.717, 1.165) is 15.1 Å². The molecule has 0 aliphatic heterocycles. The zero-order valence-electron chi connectivity index (χ0n) is 17.5. The van der Waals surface area contributed by atoms with Crippen LogP contribution in [0.15, 0.2) is 99.5 Å². The number of carbonyl (C=O) groups is 1. The minimum atomic E-state index is -3.96. The van der Waals surface area contributed by atoms with E-state index in [2.05, 4.69) is 10.5 Å². The van der Waals surface area contributed by atoms with Crippen LogP contribution in [0.2, 0.25) is 0 Å². The molecule has 3 aromatic carbocycles. The van der Waals surface area contributed by atoms with Gasteiger partial charge in [0.05, 0.1) is 30.5 Å². The van der Waals surface area contributed by atoms with E-state index >= 15 is 0 Å². The van der Waals surface area contributed by atoms with Gasteiger partial charge in [0, 0.05) is 5.56 Å². The molecule has 33 heavy (non-hydrogen) atoms. The lowest BCUT2D eigenvalue weighted by molar-refractivity contribution is -0.121. The fourth-order valence-corrected chi connectivity index (χ4v) is 4.71. The van der Waals surface area contributed by atoms with E-state index in [-0.39, 0.29) is 17.2 Å². The van der Waals surface area contributed by atoms with Crippen molar-refractivity contribution in [3.05, 3.63) is 96.4 Å². The zero-order valence-corrected chi connectivity index (χ0v) is 18.3. The average Bonchev–Trinajstić information content (AvgIpc) is 3.34. The first-order valence-electron chi connectivity index (χ1n) is 10.1. The van der Waals surface area contributed by atoms with Gasteiger partial charge in [-0.05, 0) is 41.1 Å². The molecule has 8 nitrogen and oxygen atoms in total. The largest absolute Gasteiger partial charge is 0.507 e. The summed E-state index contributed by atoms with van der Waals surface area (Å²) in [5.41, 5.74) is 2.78. The lowest BCUT2D eigenvalue weighted by Gasteiger charge is -2.20. The summed E-state index contributed by atoms with van der Waals surface area (Å²) in [5, 5.41) is 15.8. The Bertz CT molecular complexity index is 1380. The summed E-state index contributed by atoms with van der Waals surface area (Å²) in [6, 6.07) is 21.9. The molecule has 0 atom stereocenters. The van der Waals surface area contributed by atoms with Gasteiger partial charge in [-0.3, -0.25) is 4.79 Å². The fraction of sp³-hybridized carbons (Fsp3) is 0.0833. The van der Waals surface area contributed by atoms with Gasteiger partial charge in [0.1, 0.15) is 11.5 Å². The highest BCUT2D eigenvalue weighted by Crippen LogP contribution is 2.25. The van der Waals surface area contributed by atoms with Crippen molar-refractivity contribution in [1.82, 2.24) is 9.73 Å². The Balaban J connectivity index is 1.53. The number of carbonyl (C=O) groups excluding carboxylic acids is 1. The maximum atomic E-state index is 13.1. The number of phenols is 1. The SMILES string of the molecule is O=C(CN(Cc1ccco1)S(=O)(=O)c1ccccc1)N/N=C\c1c(O)ccc2ccccc12. The molecule has 0 bridgehead atoms. The van der Waals surface area contributed by atoms with Crippen LogP contribution in [0.25, 0.3) is 10.8 Å². The Labute approximate surface area is 190 Å². The normalized spacial score (nSPS) is 11.9. The Morgan fingerprint density at radius 2 is 1.76 bits per heavy atom. The molecule has 168 valence electrons. The van der Waals surface area contributed by atoms with Crippen LogP contribution in [0.4, 0.5) is 0 Å². The maximum absolute atomic E-state index is 13.1. The summed E-state index contributed by atoms with van der Waals surface area (Å²) in [4.78, 5) is 12.6. The lowest BCUT2D eigenvalue weighted by atomic mass is 10.0. The van der Waals surface area contributed by atoms with Gasteiger partial charge in [0.15, 0.2) is 0 Å². The number of phenolic OH excluding ortho intramolecular Hbond substituents is 1. The first kappa shape index (κ1) is 22.3. The number of sulfonamides is 1. The van der Waals surface area contributed by atoms with Crippen molar-refractivity contribution in [1.29, 1.82) is 0 Å². The third kappa shape index (κ3) is 5.11. The monoisotopic (exact) mass is 463 g/mol. The predicted octanol–water partition coefficient (Wildman–Crippen LogP) is 3.48. The maximum Gasteiger partial charge on any atom is 0.255 e. The van der Waals surface area contributed by atoms with Gasteiger partial charge in [-0.1, -0.05) is 48.5 Å². The van der Waals surface area contributed by atoms with Crippen molar-refractivity contribution in [2.75, 3.05) is 6.54 Å². The Morgan fingerprint density at radius 1 is 1.00 bits per heavy atom. The molecule has 1 amide bonds. The number of hydrogen-bond acceptors (Lipinski definition) is 6. The van der Waals surface area contributed by atoms with E-state index < -0.39 is 22.5 Å². The zero-order chi connectivity index (χ0) is 23.3. The minimum Gasteiger partial charge on any atom is -0.507 e. The molecule has 0 unspecified atom stereocenters. The molecule has 0 saturated carbocycles. The molecule has 4 aromatic rings. The van der Waals surface area contributed by atoms with Crippen LogP contribution >= 0.6 is 0 Å². The third-order valence-corrected chi connectivity index (χ3v) is 6.75. The number of furan rings is 1. The first-order chi connectivity index (χ1) is 15.9. The highest BCUT2D eigenvalue weighted by molar-refractivity contribution is 7.89. The summed E-state index contributed by atoms with van der Waals surface area (Å²) in [5.74, 6) is -0.235. The van der Waals surface area contributed by atoms with E-state index in [1.807, 2.05) is 24.3 Å². The number of aromatic hydroxyl groups is 1. The Morgan fingerprint density at radius 3 is 2.52 bits per heavy atom. The Kier molecular flexibility index (Phi) is 6.53. The van der Waals surface area contributed by atoms with Crippen molar-refractivity contribution in [3.63, 3.8) is 0 Å². The average molecular weight is 464 g/mol. The van der Waals surface area contributed by atoms with Crippen molar-refractivity contribution in [2.45, 2.75) is 11.4 Å². The molecule has 0 radical (unpaired) electrons. The fourth-order valence-electron chi connectivity index (χ4n) is 3.33. The number of fused-ring (bicyclic) bond motifs is 1. The van der Waals surface area contributed by atoms with Crippen LogP contribution in [0.5, 0.6) is 5.75 Å². The molecule has 2 N–H and O–H groups in total. The number of amides is 1. The smallest absolute Gasteiger partial charge is 0.255 e. The van der Waals surface area contributed by atoms with Gasteiger partial charge in [-0.2, -0.15) is 9.41 Å². The molecule has 4 rings (SSSR count). The van der Waals surface area contributed by atoms with Crippen molar-refractivity contribution < 1.29 is 22.7 Å². The molecule has 0 spiro atoms. The molecule has 0 aliphatic carbocycles.